The topological polar surface area (TPSA) is 107 Å². The van der Waals surface area contributed by atoms with Gasteiger partial charge in [0.1, 0.15) is 0 Å². The third-order valence-corrected chi connectivity index (χ3v) is 2.67. The van der Waals surface area contributed by atoms with Crippen molar-refractivity contribution in [2.24, 2.45) is 5.73 Å². The Labute approximate surface area is 110 Å². The van der Waals surface area contributed by atoms with Crippen molar-refractivity contribution in [1.82, 2.24) is 4.90 Å². The number of nitro groups is 1. The number of primary amides is 1. The van der Waals surface area contributed by atoms with Crippen molar-refractivity contribution in [3.05, 3.63) is 39.4 Å². The lowest BCUT2D eigenvalue weighted by Crippen LogP contribution is -2.38. The van der Waals surface area contributed by atoms with Gasteiger partial charge >= 0.3 is 0 Å². The number of hydrogen-bond donors (Lipinski definition) is 1. The molecule has 0 aliphatic carbocycles. The lowest BCUT2D eigenvalue weighted by atomic mass is 10.1. The molecule has 0 bridgehead atoms. The molecular weight excluding hydrogens is 250 g/mol. The second-order valence-corrected chi connectivity index (χ2v) is 4.04. The van der Waals surface area contributed by atoms with Crippen molar-refractivity contribution in [2.45, 2.75) is 13.8 Å². The molecule has 1 aromatic carbocycles. The molecule has 0 saturated carbocycles. The molecule has 2 N–H and O–H groups in total. The van der Waals surface area contributed by atoms with E-state index in [2.05, 4.69) is 0 Å². The number of carbonyl (C=O) groups excluding carboxylic acids is 2. The Bertz CT molecular complexity index is 528. The first-order valence-electron chi connectivity index (χ1n) is 5.69. The lowest BCUT2D eigenvalue weighted by molar-refractivity contribution is -0.384. The Hall–Kier alpha value is -2.44. The highest BCUT2D eigenvalue weighted by molar-refractivity contribution is 5.97. The average molecular weight is 265 g/mol. The molecule has 0 heterocycles. The highest BCUT2D eigenvalue weighted by Crippen LogP contribution is 2.18. The number of hydrogen-bond acceptors (Lipinski definition) is 4. The Morgan fingerprint density at radius 3 is 2.47 bits per heavy atom. The van der Waals surface area contributed by atoms with Crippen molar-refractivity contribution < 1.29 is 14.5 Å². The summed E-state index contributed by atoms with van der Waals surface area (Å²) in [6, 6.07) is 3.98. The maximum Gasteiger partial charge on any atom is 0.269 e. The van der Waals surface area contributed by atoms with Gasteiger partial charge < -0.3 is 10.6 Å². The van der Waals surface area contributed by atoms with Gasteiger partial charge in [0.05, 0.1) is 11.5 Å². The molecule has 7 heteroatoms. The van der Waals surface area contributed by atoms with Crippen molar-refractivity contribution in [2.75, 3.05) is 13.1 Å². The molecule has 19 heavy (non-hydrogen) atoms. The number of non-ortho nitro benzene ring substituents is 1. The van der Waals surface area contributed by atoms with Crippen LogP contribution in [0.5, 0.6) is 0 Å². The standard InChI is InChI=1S/C12H15N3O4/c1-3-14(7-11(13)16)12(17)10-5-4-9(15(18)19)6-8(10)2/h4-6H,3,7H2,1-2H3,(H2,13,16). The summed E-state index contributed by atoms with van der Waals surface area (Å²) in [4.78, 5) is 34.4. The summed E-state index contributed by atoms with van der Waals surface area (Å²) >= 11 is 0. The van der Waals surface area contributed by atoms with Crippen LogP contribution in [0.1, 0.15) is 22.8 Å². The molecule has 1 rings (SSSR count). The van der Waals surface area contributed by atoms with Gasteiger partial charge in [0.2, 0.25) is 5.91 Å². The normalized spacial score (nSPS) is 10.0. The minimum atomic E-state index is -0.602. The fourth-order valence-corrected chi connectivity index (χ4v) is 1.69. The predicted octanol–water partition coefficient (Wildman–Crippen LogP) is 0.851. The van der Waals surface area contributed by atoms with Crippen LogP contribution in [0.2, 0.25) is 0 Å². The van der Waals surface area contributed by atoms with Crippen molar-refractivity contribution in [1.29, 1.82) is 0 Å². The highest BCUT2D eigenvalue weighted by Gasteiger charge is 2.19. The first-order chi connectivity index (χ1) is 8.86. The van der Waals surface area contributed by atoms with Gasteiger partial charge in [0.15, 0.2) is 0 Å². The summed E-state index contributed by atoms with van der Waals surface area (Å²) < 4.78 is 0. The summed E-state index contributed by atoms with van der Waals surface area (Å²) in [7, 11) is 0. The second-order valence-electron chi connectivity index (χ2n) is 4.04. The molecule has 7 nitrogen and oxygen atoms in total. The summed E-state index contributed by atoms with van der Waals surface area (Å²) in [5.41, 5.74) is 5.80. The minimum absolute atomic E-state index is 0.0769. The van der Waals surface area contributed by atoms with Gasteiger partial charge in [-0.1, -0.05) is 0 Å². The van der Waals surface area contributed by atoms with Crippen molar-refractivity contribution >= 4 is 17.5 Å². The van der Waals surface area contributed by atoms with Crippen LogP contribution in [0, 0.1) is 17.0 Å². The Balaban J connectivity index is 3.05. The van der Waals surface area contributed by atoms with Crippen LogP contribution in [0.4, 0.5) is 5.69 Å². The first-order valence-corrected chi connectivity index (χ1v) is 5.69. The first kappa shape index (κ1) is 14.6. The molecule has 0 atom stereocenters. The zero-order valence-corrected chi connectivity index (χ0v) is 10.8. The maximum atomic E-state index is 12.2. The SMILES string of the molecule is CCN(CC(N)=O)C(=O)c1ccc([N+](=O)[O-])cc1C. The molecule has 0 saturated heterocycles. The van der Waals surface area contributed by atoms with E-state index in [1.54, 1.807) is 13.8 Å². The highest BCUT2D eigenvalue weighted by atomic mass is 16.6. The predicted molar refractivity (Wildman–Crippen MR) is 68.6 cm³/mol. The van der Waals surface area contributed by atoms with E-state index in [9.17, 15) is 19.7 Å². The molecule has 0 fully saturated rings. The monoisotopic (exact) mass is 265 g/mol. The van der Waals surface area contributed by atoms with Gasteiger partial charge in [-0.2, -0.15) is 0 Å². The van der Waals surface area contributed by atoms with Crippen molar-refractivity contribution in [3.8, 4) is 0 Å². The van der Waals surface area contributed by atoms with Gasteiger partial charge in [0.25, 0.3) is 11.6 Å². The zero-order valence-electron chi connectivity index (χ0n) is 10.8. The van der Waals surface area contributed by atoms with Gasteiger partial charge in [0, 0.05) is 24.2 Å². The maximum absolute atomic E-state index is 12.2. The molecule has 0 aromatic heterocycles. The quantitative estimate of drug-likeness (QED) is 0.629. The Kier molecular flexibility index (Phi) is 4.57. The van der Waals surface area contributed by atoms with E-state index in [1.165, 1.54) is 23.1 Å². The minimum Gasteiger partial charge on any atom is -0.368 e. The number of rotatable bonds is 5. The van der Waals surface area contributed by atoms with Gasteiger partial charge in [-0.15, -0.1) is 0 Å². The lowest BCUT2D eigenvalue weighted by Gasteiger charge is -2.19. The van der Waals surface area contributed by atoms with Crippen molar-refractivity contribution in [3.63, 3.8) is 0 Å². The summed E-state index contributed by atoms with van der Waals surface area (Å²) in [5.74, 6) is -0.969. The zero-order chi connectivity index (χ0) is 14.6. The van der Waals surface area contributed by atoms with Crippen LogP contribution in [-0.4, -0.2) is 34.7 Å². The van der Waals surface area contributed by atoms with Gasteiger partial charge in [-0.25, -0.2) is 0 Å². The van der Waals surface area contributed by atoms with Crippen LogP contribution in [-0.2, 0) is 4.79 Å². The van der Waals surface area contributed by atoms with Crippen LogP contribution < -0.4 is 5.73 Å². The fourth-order valence-electron chi connectivity index (χ4n) is 1.69. The second kappa shape index (κ2) is 5.94. The Morgan fingerprint density at radius 2 is 2.05 bits per heavy atom. The summed E-state index contributed by atoms with van der Waals surface area (Å²) in [5, 5.41) is 10.6. The summed E-state index contributed by atoms with van der Waals surface area (Å²) in [6.07, 6.45) is 0. The molecular formula is C12H15N3O4. The van der Waals surface area contributed by atoms with Gasteiger partial charge in [-0.05, 0) is 25.5 Å². The van der Waals surface area contributed by atoms with Crippen LogP contribution in [0.25, 0.3) is 0 Å². The van der Waals surface area contributed by atoms with E-state index in [0.29, 0.717) is 17.7 Å². The van der Waals surface area contributed by atoms with E-state index in [4.69, 9.17) is 5.73 Å². The van der Waals surface area contributed by atoms with E-state index < -0.39 is 10.8 Å². The molecule has 2 amide bonds. The molecule has 1 aromatic rings. The van der Waals surface area contributed by atoms with E-state index >= 15 is 0 Å². The largest absolute Gasteiger partial charge is 0.368 e. The van der Waals surface area contributed by atoms with E-state index in [0.717, 1.165) is 0 Å². The number of aryl methyl sites for hydroxylation is 1. The number of amides is 2. The number of benzene rings is 1. The number of likely N-dealkylation sites (N-methyl/N-ethyl adjacent to an activating group) is 1. The van der Waals surface area contributed by atoms with Crippen LogP contribution >= 0.6 is 0 Å². The number of nitro benzene ring substituents is 1. The molecule has 102 valence electrons. The average Bonchev–Trinajstić information content (AvgIpc) is 2.34. The molecule has 0 radical (unpaired) electrons. The number of nitrogens with zero attached hydrogens (tertiary/aromatic N) is 2. The van der Waals surface area contributed by atoms with Crippen LogP contribution in [0.15, 0.2) is 18.2 Å². The fraction of sp³-hybridized carbons (Fsp3) is 0.333. The number of carbonyl (C=O) groups is 2. The third-order valence-electron chi connectivity index (χ3n) is 2.67. The Morgan fingerprint density at radius 1 is 1.42 bits per heavy atom. The third kappa shape index (κ3) is 3.51. The smallest absolute Gasteiger partial charge is 0.269 e. The van der Waals surface area contributed by atoms with Crippen LogP contribution in [0.3, 0.4) is 0 Å². The van der Waals surface area contributed by atoms with E-state index in [-0.39, 0.29) is 18.1 Å². The molecule has 0 aliphatic heterocycles. The molecule has 0 spiro atoms. The van der Waals surface area contributed by atoms with Gasteiger partial charge in [-0.3, -0.25) is 19.7 Å². The van der Waals surface area contributed by atoms with E-state index in [1.807, 2.05) is 0 Å². The number of nitrogens with two attached hydrogens (primary N) is 1. The summed E-state index contributed by atoms with van der Waals surface area (Å²) in [6.45, 7) is 3.49. The molecule has 0 unspecified atom stereocenters. The molecule has 0 aliphatic rings.